The Morgan fingerprint density at radius 1 is 1.15 bits per heavy atom. The lowest BCUT2D eigenvalue weighted by Crippen LogP contribution is -2.30. The number of rotatable bonds is 9. The van der Waals surface area contributed by atoms with E-state index in [1.165, 1.54) is 13.8 Å². The third kappa shape index (κ3) is 8.91. The summed E-state index contributed by atoms with van der Waals surface area (Å²) in [6.07, 6.45) is 2.38. The molecule has 0 aromatic carbocycles. The SMILES string of the molecule is COC(C)(C)CCCC(C)C(COC(C)=O)OC(C)=O. The van der Waals surface area contributed by atoms with Crippen molar-refractivity contribution in [2.45, 2.75) is 65.6 Å². The molecule has 0 saturated heterocycles. The lowest BCUT2D eigenvalue weighted by Gasteiger charge is -2.26. The van der Waals surface area contributed by atoms with Crippen molar-refractivity contribution in [1.82, 2.24) is 0 Å². The molecule has 0 heterocycles. The van der Waals surface area contributed by atoms with Crippen LogP contribution in [0.4, 0.5) is 0 Å². The van der Waals surface area contributed by atoms with Gasteiger partial charge in [-0.1, -0.05) is 13.3 Å². The minimum atomic E-state index is -0.387. The average Bonchev–Trinajstić information content (AvgIpc) is 2.33. The van der Waals surface area contributed by atoms with Crippen molar-refractivity contribution in [3.05, 3.63) is 0 Å². The van der Waals surface area contributed by atoms with Crippen molar-refractivity contribution in [2.24, 2.45) is 5.92 Å². The third-order valence-corrected chi connectivity index (χ3v) is 3.39. The van der Waals surface area contributed by atoms with Gasteiger partial charge in [-0.2, -0.15) is 0 Å². The summed E-state index contributed by atoms with van der Waals surface area (Å²) >= 11 is 0. The van der Waals surface area contributed by atoms with Gasteiger partial charge in [0.1, 0.15) is 12.7 Å². The summed E-state index contributed by atoms with van der Waals surface area (Å²) in [4.78, 5) is 22.0. The number of esters is 2. The number of carbonyl (C=O) groups excluding carboxylic acids is 2. The van der Waals surface area contributed by atoms with Crippen molar-refractivity contribution in [3.63, 3.8) is 0 Å². The van der Waals surface area contributed by atoms with Crippen molar-refractivity contribution in [2.75, 3.05) is 13.7 Å². The van der Waals surface area contributed by atoms with Crippen LogP contribution in [0.2, 0.25) is 0 Å². The Labute approximate surface area is 122 Å². The maximum absolute atomic E-state index is 11.1. The predicted octanol–water partition coefficient (Wildman–Crippen LogP) is 2.71. The van der Waals surface area contributed by atoms with Gasteiger partial charge in [0.05, 0.1) is 5.60 Å². The molecule has 0 bridgehead atoms. The largest absolute Gasteiger partial charge is 0.462 e. The van der Waals surface area contributed by atoms with E-state index in [2.05, 4.69) is 0 Å². The molecule has 0 radical (unpaired) electrons. The fraction of sp³-hybridized carbons (Fsp3) is 0.867. The Kier molecular flexibility index (Phi) is 8.46. The van der Waals surface area contributed by atoms with Gasteiger partial charge in [-0.25, -0.2) is 0 Å². The maximum Gasteiger partial charge on any atom is 0.303 e. The monoisotopic (exact) mass is 288 g/mol. The Bertz CT molecular complexity index is 311. The summed E-state index contributed by atoms with van der Waals surface area (Å²) in [5, 5.41) is 0. The Balaban J connectivity index is 4.28. The molecule has 0 aliphatic heterocycles. The molecule has 2 atom stereocenters. The molecule has 0 spiro atoms. The highest BCUT2D eigenvalue weighted by molar-refractivity contribution is 5.67. The van der Waals surface area contributed by atoms with Crippen molar-refractivity contribution in [1.29, 1.82) is 0 Å². The van der Waals surface area contributed by atoms with Gasteiger partial charge in [0.2, 0.25) is 0 Å². The Hall–Kier alpha value is -1.10. The Morgan fingerprint density at radius 3 is 2.20 bits per heavy atom. The summed E-state index contributed by atoms with van der Waals surface area (Å²) in [5.74, 6) is -0.591. The van der Waals surface area contributed by atoms with E-state index < -0.39 is 0 Å². The Morgan fingerprint density at radius 2 is 1.75 bits per heavy atom. The summed E-state index contributed by atoms with van der Waals surface area (Å²) < 4.78 is 15.5. The molecule has 0 aromatic rings. The predicted molar refractivity (Wildman–Crippen MR) is 76.3 cm³/mol. The molecule has 2 unspecified atom stereocenters. The summed E-state index contributed by atoms with van der Waals surface area (Å²) in [6.45, 7) is 8.90. The molecule has 0 saturated carbocycles. The molecule has 0 fully saturated rings. The van der Waals surface area contributed by atoms with Crippen LogP contribution in [-0.2, 0) is 23.8 Å². The second-order valence-corrected chi connectivity index (χ2v) is 5.78. The van der Waals surface area contributed by atoms with Gasteiger partial charge in [-0.05, 0) is 32.6 Å². The smallest absolute Gasteiger partial charge is 0.303 e. The molecule has 0 aromatic heterocycles. The molecule has 0 N–H and O–H groups in total. The number of hydrogen-bond donors (Lipinski definition) is 0. The normalized spacial score (nSPS) is 14.5. The van der Waals surface area contributed by atoms with Crippen molar-refractivity contribution >= 4 is 11.9 Å². The number of carbonyl (C=O) groups is 2. The van der Waals surface area contributed by atoms with E-state index in [4.69, 9.17) is 14.2 Å². The fourth-order valence-corrected chi connectivity index (χ4v) is 1.86. The van der Waals surface area contributed by atoms with E-state index in [0.29, 0.717) is 0 Å². The van der Waals surface area contributed by atoms with Gasteiger partial charge in [-0.15, -0.1) is 0 Å². The molecule has 5 heteroatoms. The van der Waals surface area contributed by atoms with Gasteiger partial charge in [0, 0.05) is 21.0 Å². The van der Waals surface area contributed by atoms with Crippen LogP contribution >= 0.6 is 0 Å². The molecule has 20 heavy (non-hydrogen) atoms. The highest BCUT2D eigenvalue weighted by atomic mass is 16.6. The van der Waals surface area contributed by atoms with Crippen LogP contribution in [0, 0.1) is 5.92 Å². The fourth-order valence-electron chi connectivity index (χ4n) is 1.86. The zero-order valence-electron chi connectivity index (χ0n) is 13.5. The van der Waals surface area contributed by atoms with E-state index in [1.807, 2.05) is 20.8 Å². The van der Waals surface area contributed by atoms with Crippen LogP contribution in [0.5, 0.6) is 0 Å². The van der Waals surface area contributed by atoms with Gasteiger partial charge < -0.3 is 14.2 Å². The molecule has 0 rings (SSSR count). The topological polar surface area (TPSA) is 61.8 Å². The van der Waals surface area contributed by atoms with E-state index >= 15 is 0 Å². The highest BCUT2D eigenvalue weighted by Gasteiger charge is 2.23. The third-order valence-electron chi connectivity index (χ3n) is 3.39. The first kappa shape index (κ1) is 18.9. The van der Waals surface area contributed by atoms with Crippen molar-refractivity contribution < 1.29 is 23.8 Å². The van der Waals surface area contributed by atoms with Crippen LogP contribution in [0.15, 0.2) is 0 Å². The minimum absolute atomic E-state index is 0.115. The van der Waals surface area contributed by atoms with E-state index in [0.717, 1.165) is 19.3 Å². The maximum atomic E-state index is 11.1. The first-order valence-electron chi connectivity index (χ1n) is 7.03. The number of hydrogen-bond acceptors (Lipinski definition) is 5. The first-order valence-corrected chi connectivity index (χ1v) is 7.03. The lowest BCUT2D eigenvalue weighted by atomic mass is 9.93. The molecule has 0 aliphatic carbocycles. The van der Waals surface area contributed by atoms with Gasteiger partial charge in [0.25, 0.3) is 0 Å². The first-order chi connectivity index (χ1) is 9.18. The molecule has 5 nitrogen and oxygen atoms in total. The second-order valence-electron chi connectivity index (χ2n) is 5.78. The molecule has 0 amide bonds. The zero-order valence-corrected chi connectivity index (χ0v) is 13.5. The molecule has 118 valence electrons. The van der Waals surface area contributed by atoms with Crippen LogP contribution < -0.4 is 0 Å². The molecular weight excluding hydrogens is 260 g/mol. The second kappa shape index (κ2) is 8.95. The van der Waals surface area contributed by atoms with Gasteiger partial charge >= 0.3 is 11.9 Å². The van der Waals surface area contributed by atoms with Crippen LogP contribution in [0.1, 0.15) is 53.9 Å². The lowest BCUT2D eigenvalue weighted by molar-refractivity contribution is -0.159. The van der Waals surface area contributed by atoms with E-state index in [9.17, 15) is 9.59 Å². The van der Waals surface area contributed by atoms with E-state index in [1.54, 1.807) is 7.11 Å². The summed E-state index contributed by atoms with van der Waals surface area (Å²) in [7, 11) is 1.70. The summed E-state index contributed by atoms with van der Waals surface area (Å²) in [6, 6.07) is 0. The van der Waals surface area contributed by atoms with E-state index in [-0.39, 0.29) is 36.2 Å². The van der Waals surface area contributed by atoms with Crippen LogP contribution in [0.3, 0.4) is 0 Å². The van der Waals surface area contributed by atoms with Crippen molar-refractivity contribution in [3.8, 4) is 0 Å². The zero-order chi connectivity index (χ0) is 15.8. The quantitative estimate of drug-likeness (QED) is 0.610. The van der Waals surface area contributed by atoms with Gasteiger partial charge in [0.15, 0.2) is 0 Å². The molecular formula is C15H28O5. The number of ether oxygens (including phenoxy) is 3. The van der Waals surface area contributed by atoms with Gasteiger partial charge in [-0.3, -0.25) is 9.59 Å². The minimum Gasteiger partial charge on any atom is -0.462 e. The highest BCUT2D eigenvalue weighted by Crippen LogP contribution is 2.21. The average molecular weight is 288 g/mol. The van der Waals surface area contributed by atoms with Crippen LogP contribution in [-0.4, -0.2) is 37.4 Å². The standard InChI is InChI=1S/C15H28O5/c1-11(8-7-9-15(4,5)18-6)14(20-13(3)17)10-19-12(2)16/h11,14H,7-10H2,1-6H3. The van der Waals surface area contributed by atoms with Crippen LogP contribution in [0.25, 0.3) is 0 Å². The number of methoxy groups -OCH3 is 1. The molecule has 0 aliphatic rings. The summed E-state index contributed by atoms with van der Waals surface area (Å²) in [5.41, 5.74) is -0.146.